The highest BCUT2D eigenvalue weighted by Crippen LogP contribution is 2.19. The van der Waals surface area contributed by atoms with Crippen molar-refractivity contribution in [2.75, 3.05) is 10.5 Å². The fourth-order valence-electron chi connectivity index (χ4n) is 2.99. The second kappa shape index (κ2) is 9.21. The van der Waals surface area contributed by atoms with Crippen LogP contribution in [0.5, 0.6) is 0 Å². The molecule has 0 saturated carbocycles. The lowest BCUT2D eigenvalue weighted by Gasteiger charge is -2.13. The van der Waals surface area contributed by atoms with Crippen molar-refractivity contribution in [3.63, 3.8) is 0 Å². The minimum Gasteiger partial charge on any atom is -0.348 e. The van der Waals surface area contributed by atoms with Gasteiger partial charge >= 0.3 is 0 Å². The highest BCUT2D eigenvalue weighted by Gasteiger charge is 2.16. The third-order valence-electron chi connectivity index (χ3n) is 4.26. The Balaban J connectivity index is 0.00000261. The molecule has 0 unspecified atom stereocenters. The first-order chi connectivity index (χ1) is 12.5. The summed E-state index contributed by atoms with van der Waals surface area (Å²) < 4.78 is 26.5. The Morgan fingerprint density at radius 1 is 1.11 bits per heavy atom. The predicted molar refractivity (Wildman–Crippen MR) is 110 cm³/mol. The SMILES string of the molecule is CCCS(=O)(=O)Nc1ccccc1C(=O)NCc1ccc2c(c1)CNC2.Cl. The van der Waals surface area contributed by atoms with E-state index < -0.39 is 10.0 Å². The fourth-order valence-corrected chi connectivity index (χ4v) is 4.15. The van der Waals surface area contributed by atoms with Crippen molar-refractivity contribution in [2.45, 2.75) is 33.0 Å². The number of sulfonamides is 1. The maximum atomic E-state index is 12.6. The molecule has 1 aliphatic rings. The number of hydrogen-bond donors (Lipinski definition) is 3. The van der Waals surface area contributed by atoms with E-state index in [9.17, 15) is 13.2 Å². The molecular formula is C19H24ClN3O3S. The molecule has 2 aromatic rings. The lowest BCUT2D eigenvalue weighted by Crippen LogP contribution is -2.25. The van der Waals surface area contributed by atoms with E-state index in [4.69, 9.17) is 0 Å². The van der Waals surface area contributed by atoms with Crippen molar-refractivity contribution in [1.82, 2.24) is 10.6 Å². The van der Waals surface area contributed by atoms with E-state index in [0.717, 1.165) is 18.7 Å². The quantitative estimate of drug-likeness (QED) is 0.656. The van der Waals surface area contributed by atoms with Crippen molar-refractivity contribution >= 4 is 34.0 Å². The predicted octanol–water partition coefficient (Wildman–Crippen LogP) is 2.79. The van der Waals surface area contributed by atoms with Crippen molar-refractivity contribution in [3.8, 4) is 0 Å². The van der Waals surface area contributed by atoms with Gasteiger partial charge in [0.25, 0.3) is 5.91 Å². The Labute approximate surface area is 166 Å². The van der Waals surface area contributed by atoms with Gasteiger partial charge < -0.3 is 10.6 Å². The van der Waals surface area contributed by atoms with Gasteiger partial charge in [-0.3, -0.25) is 9.52 Å². The van der Waals surface area contributed by atoms with Gasteiger partial charge in [0.15, 0.2) is 0 Å². The van der Waals surface area contributed by atoms with E-state index in [1.807, 2.05) is 6.07 Å². The van der Waals surface area contributed by atoms with E-state index in [1.54, 1.807) is 31.2 Å². The van der Waals surface area contributed by atoms with Gasteiger partial charge in [-0.1, -0.05) is 37.3 Å². The van der Waals surface area contributed by atoms with E-state index in [-0.39, 0.29) is 24.1 Å². The van der Waals surface area contributed by atoms with Crippen molar-refractivity contribution in [1.29, 1.82) is 0 Å². The van der Waals surface area contributed by atoms with Gasteiger partial charge in [-0.05, 0) is 35.2 Å². The topological polar surface area (TPSA) is 87.3 Å². The number of carbonyl (C=O) groups is 1. The summed E-state index contributed by atoms with van der Waals surface area (Å²) in [5.41, 5.74) is 4.18. The molecule has 0 bridgehead atoms. The standard InChI is InChI=1S/C19H23N3O3S.ClH/c1-2-9-26(24,25)22-18-6-4-3-5-17(18)19(23)21-11-14-7-8-15-12-20-13-16(15)10-14;/h3-8,10,20,22H,2,9,11-13H2,1H3,(H,21,23);1H. The first-order valence-electron chi connectivity index (χ1n) is 8.67. The lowest BCUT2D eigenvalue weighted by molar-refractivity contribution is 0.0952. The second-order valence-corrected chi connectivity index (χ2v) is 8.20. The van der Waals surface area contributed by atoms with Crippen molar-refractivity contribution in [2.24, 2.45) is 0 Å². The number of halogens is 1. The molecule has 8 heteroatoms. The normalized spacial score (nSPS) is 12.8. The third-order valence-corrected chi connectivity index (χ3v) is 5.74. The summed E-state index contributed by atoms with van der Waals surface area (Å²) in [4.78, 5) is 12.6. The van der Waals surface area contributed by atoms with Crippen LogP contribution in [-0.2, 0) is 29.7 Å². The van der Waals surface area contributed by atoms with Crippen LogP contribution >= 0.6 is 12.4 Å². The Morgan fingerprint density at radius 2 is 1.85 bits per heavy atom. The van der Waals surface area contributed by atoms with Gasteiger partial charge in [-0.25, -0.2) is 8.42 Å². The number of carbonyl (C=O) groups excluding carboxylic acids is 1. The molecule has 0 spiro atoms. The average molecular weight is 410 g/mol. The first-order valence-corrected chi connectivity index (χ1v) is 10.3. The monoisotopic (exact) mass is 409 g/mol. The molecule has 0 atom stereocenters. The third kappa shape index (κ3) is 5.45. The summed E-state index contributed by atoms with van der Waals surface area (Å²) in [6.07, 6.45) is 0.511. The minimum atomic E-state index is -3.45. The van der Waals surface area contributed by atoms with Gasteiger partial charge in [0, 0.05) is 19.6 Å². The molecule has 27 heavy (non-hydrogen) atoms. The van der Waals surface area contributed by atoms with E-state index >= 15 is 0 Å². The average Bonchev–Trinajstić information content (AvgIpc) is 3.07. The minimum absolute atomic E-state index is 0. The van der Waals surface area contributed by atoms with Crippen LogP contribution in [0.25, 0.3) is 0 Å². The zero-order valence-corrected chi connectivity index (χ0v) is 16.8. The number of anilines is 1. The molecule has 146 valence electrons. The Morgan fingerprint density at radius 3 is 2.63 bits per heavy atom. The number of amides is 1. The molecule has 0 fully saturated rings. The highest BCUT2D eigenvalue weighted by molar-refractivity contribution is 7.92. The van der Waals surface area contributed by atoms with Crippen LogP contribution < -0.4 is 15.4 Å². The number of nitrogens with one attached hydrogen (secondary N) is 3. The Hall–Kier alpha value is -2.09. The smallest absolute Gasteiger partial charge is 0.253 e. The summed E-state index contributed by atoms with van der Waals surface area (Å²) in [6.45, 7) is 3.92. The van der Waals surface area contributed by atoms with Crippen LogP contribution in [0.2, 0.25) is 0 Å². The second-order valence-electron chi connectivity index (χ2n) is 6.36. The summed E-state index contributed by atoms with van der Waals surface area (Å²) >= 11 is 0. The molecule has 0 aliphatic carbocycles. The molecule has 6 nitrogen and oxygen atoms in total. The van der Waals surface area contributed by atoms with E-state index in [0.29, 0.717) is 24.2 Å². The van der Waals surface area contributed by atoms with E-state index in [2.05, 4.69) is 27.5 Å². The van der Waals surface area contributed by atoms with Gasteiger partial charge in [-0.2, -0.15) is 0 Å². The summed E-state index contributed by atoms with van der Waals surface area (Å²) in [5, 5.41) is 6.16. The van der Waals surface area contributed by atoms with Crippen LogP contribution in [0.4, 0.5) is 5.69 Å². The van der Waals surface area contributed by atoms with Crippen molar-refractivity contribution < 1.29 is 13.2 Å². The number of rotatable bonds is 7. The Bertz CT molecular complexity index is 916. The van der Waals surface area contributed by atoms with Crippen LogP contribution in [0, 0.1) is 0 Å². The van der Waals surface area contributed by atoms with Gasteiger partial charge in [-0.15, -0.1) is 12.4 Å². The van der Waals surface area contributed by atoms with Gasteiger partial charge in [0.1, 0.15) is 0 Å². The maximum absolute atomic E-state index is 12.6. The van der Waals surface area contributed by atoms with Gasteiger partial charge in [0.2, 0.25) is 10.0 Å². The fraction of sp³-hybridized carbons (Fsp3) is 0.316. The molecular weight excluding hydrogens is 386 g/mol. The zero-order chi connectivity index (χ0) is 18.6. The number of fused-ring (bicyclic) bond motifs is 1. The van der Waals surface area contributed by atoms with Crippen LogP contribution in [0.3, 0.4) is 0 Å². The summed E-state index contributed by atoms with van der Waals surface area (Å²) in [5.74, 6) is -0.287. The first kappa shape index (κ1) is 21.2. The molecule has 1 heterocycles. The molecule has 1 aliphatic heterocycles. The molecule has 1 amide bonds. The number of para-hydroxylation sites is 1. The Kier molecular flexibility index (Phi) is 7.24. The van der Waals surface area contributed by atoms with E-state index in [1.165, 1.54) is 11.1 Å². The molecule has 0 aromatic heterocycles. The number of benzene rings is 2. The largest absolute Gasteiger partial charge is 0.348 e. The summed E-state index contributed by atoms with van der Waals surface area (Å²) in [7, 11) is -3.45. The zero-order valence-electron chi connectivity index (χ0n) is 15.1. The van der Waals surface area contributed by atoms with Gasteiger partial charge in [0.05, 0.1) is 17.0 Å². The van der Waals surface area contributed by atoms with Crippen LogP contribution in [0.1, 0.15) is 40.4 Å². The molecule has 0 radical (unpaired) electrons. The van der Waals surface area contributed by atoms with Crippen LogP contribution in [0.15, 0.2) is 42.5 Å². The molecule has 0 saturated heterocycles. The van der Waals surface area contributed by atoms with Crippen LogP contribution in [-0.4, -0.2) is 20.1 Å². The molecule has 3 rings (SSSR count). The maximum Gasteiger partial charge on any atom is 0.253 e. The highest BCUT2D eigenvalue weighted by atomic mass is 35.5. The van der Waals surface area contributed by atoms with Crippen molar-refractivity contribution in [3.05, 3.63) is 64.7 Å². The number of hydrogen-bond acceptors (Lipinski definition) is 4. The molecule has 2 aromatic carbocycles. The molecule has 3 N–H and O–H groups in total. The lowest BCUT2D eigenvalue weighted by atomic mass is 10.1. The summed E-state index contributed by atoms with van der Waals surface area (Å²) in [6, 6.07) is 12.8.